The first-order valence-corrected chi connectivity index (χ1v) is 14.0. The van der Waals surface area contributed by atoms with Crippen LogP contribution in [-0.2, 0) is 22.7 Å². The predicted molar refractivity (Wildman–Crippen MR) is 163 cm³/mol. The van der Waals surface area contributed by atoms with Gasteiger partial charge in [-0.2, -0.15) is 0 Å². The van der Waals surface area contributed by atoms with Crippen molar-refractivity contribution in [3.05, 3.63) is 102 Å². The number of carbonyl (C=O) groups is 2. The van der Waals surface area contributed by atoms with Crippen LogP contribution in [0.5, 0.6) is 23.0 Å². The first kappa shape index (κ1) is 28.5. The van der Waals surface area contributed by atoms with Gasteiger partial charge in [-0.05, 0) is 54.4 Å². The first-order chi connectivity index (χ1) is 21.4. The molecule has 0 radical (unpaired) electrons. The molecule has 2 heterocycles. The molecule has 11 nitrogen and oxygen atoms in total. The van der Waals surface area contributed by atoms with Crippen molar-refractivity contribution in [1.82, 2.24) is 19.9 Å². The molecule has 1 atom stereocenters. The smallest absolute Gasteiger partial charge is 0.251 e. The maximum absolute atomic E-state index is 14.3. The molecule has 0 spiro atoms. The third-order valence-corrected chi connectivity index (χ3v) is 7.44. The molecular formula is C33H31N5O6. The molecule has 1 aromatic heterocycles. The molecule has 4 aromatic carbocycles. The second-order valence-corrected chi connectivity index (χ2v) is 10.3. The minimum absolute atomic E-state index is 0.0735. The van der Waals surface area contributed by atoms with Gasteiger partial charge in [0.05, 0.1) is 25.4 Å². The van der Waals surface area contributed by atoms with E-state index in [0.29, 0.717) is 45.3 Å². The van der Waals surface area contributed by atoms with Crippen molar-refractivity contribution in [3.63, 3.8) is 0 Å². The van der Waals surface area contributed by atoms with Gasteiger partial charge in [-0.3, -0.25) is 9.59 Å². The average molecular weight is 594 g/mol. The van der Waals surface area contributed by atoms with Crippen LogP contribution >= 0.6 is 0 Å². The number of anilines is 1. The number of nitrogens with zero attached hydrogens (tertiary/aromatic N) is 4. The Balaban J connectivity index is 1.42. The van der Waals surface area contributed by atoms with Crippen molar-refractivity contribution in [2.45, 2.75) is 26.1 Å². The lowest BCUT2D eigenvalue weighted by Crippen LogP contribution is -2.42. The summed E-state index contributed by atoms with van der Waals surface area (Å²) in [6, 6.07) is 24.5. The first-order valence-electron chi connectivity index (χ1n) is 14.0. The molecule has 11 heteroatoms. The van der Waals surface area contributed by atoms with Gasteiger partial charge in [0.2, 0.25) is 12.7 Å². The Morgan fingerprint density at radius 3 is 2.55 bits per heavy atom. The number of methoxy groups -OCH3 is 2. The number of ether oxygens (including phenoxy) is 4. The molecule has 2 amide bonds. The second-order valence-electron chi connectivity index (χ2n) is 10.3. The van der Waals surface area contributed by atoms with Crippen LogP contribution in [0.3, 0.4) is 0 Å². The van der Waals surface area contributed by atoms with E-state index in [9.17, 15) is 9.59 Å². The number of rotatable bonds is 10. The Labute approximate surface area is 253 Å². The number of carbonyl (C=O) groups excluding carboxylic acids is 2. The monoisotopic (exact) mass is 593 g/mol. The molecule has 0 saturated carbocycles. The maximum Gasteiger partial charge on any atom is 0.251 e. The lowest BCUT2D eigenvalue weighted by atomic mass is 10.0. The molecular weight excluding hydrogens is 562 g/mol. The Kier molecular flexibility index (Phi) is 8.00. The van der Waals surface area contributed by atoms with Crippen LogP contribution < -0.4 is 24.3 Å². The van der Waals surface area contributed by atoms with Crippen LogP contribution in [0.25, 0.3) is 11.0 Å². The Morgan fingerprint density at radius 1 is 0.955 bits per heavy atom. The van der Waals surface area contributed by atoms with Crippen LogP contribution in [-0.4, -0.2) is 52.7 Å². The fourth-order valence-electron chi connectivity index (χ4n) is 5.13. The van der Waals surface area contributed by atoms with E-state index in [0.717, 1.165) is 11.1 Å². The van der Waals surface area contributed by atoms with E-state index in [2.05, 4.69) is 15.6 Å². The topological polar surface area (TPSA) is 117 Å². The quantitative estimate of drug-likeness (QED) is 0.243. The number of benzene rings is 4. The summed E-state index contributed by atoms with van der Waals surface area (Å²) in [4.78, 5) is 30.2. The van der Waals surface area contributed by atoms with Gasteiger partial charge in [0.25, 0.3) is 5.91 Å². The predicted octanol–water partition coefficient (Wildman–Crippen LogP) is 4.89. The molecule has 0 bridgehead atoms. The van der Waals surface area contributed by atoms with Gasteiger partial charge in [0.1, 0.15) is 29.6 Å². The van der Waals surface area contributed by atoms with E-state index in [4.69, 9.17) is 18.9 Å². The minimum atomic E-state index is -1.07. The van der Waals surface area contributed by atoms with Crippen molar-refractivity contribution in [1.29, 1.82) is 0 Å². The van der Waals surface area contributed by atoms with Gasteiger partial charge >= 0.3 is 0 Å². The summed E-state index contributed by atoms with van der Waals surface area (Å²) in [6.07, 6.45) is 0. The number of hydrogen-bond acceptors (Lipinski definition) is 8. The molecule has 0 saturated heterocycles. The van der Waals surface area contributed by atoms with Crippen LogP contribution in [0.15, 0.2) is 84.9 Å². The summed E-state index contributed by atoms with van der Waals surface area (Å²) in [5, 5.41) is 11.4. The zero-order chi connectivity index (χ0) is 30.6. The van der Waals surface area contributed by atoms with E-state index in [-0.39, 0.29) is 25.8 Å². The number of aryl methyl sites for hydroxylation is 1. The highest BCUT2D eigenvalue weighted by molar-refractivity contribution is 5.99. The maximum atomic E-state index is 14.3. The molecule has 224 valence electrons. The molecule has 44 heavy (non-hydrogen) atoms. The SMILES string of the molecule is COc1ccc(NC(=O)C(c2ccc3c(c2)OCO3)N(Cc2ccc(C)cc2)C(=O)Cn2nnc3ccccc32)c(OC)c1. The van der Waals surface area contributed by atoms with E-state index in [1.54, 1.807) is 53.1 Å². The number of amides is 2. The third-order valence-electron chi connectivity index (χ3n) is 7.44. The van der Waals surface area contributed by atoms with Gasteiger partial charge in [-0.15, -0.1) is 5.10 Å². The summed E-state index contributed by atoms with van der Waals surface area (Å²) >= 11 is 0. The second kappa shape index (κ2) is 12.3. The van der Waals surface area contributed by atoms with Gasteiger partial charge in [0, 0.05) is 12.6 Å². The van der Waals surface area contributed by atoms with Gasteiger partial charge in [0.15, 0.2) is 11.5 Å². The molecule has 0 fully saturated rings. The van der Waals surface area contributed by atoms with Crippen LogP contribution in [0.2, 0.25) is 0 Å². The summed E-state index contributed by atoms with van der Waals surface area (Å²) in [5.74, 6) is 1.26. The molecule has 1 aliphatic rings. The fraction of sp³-hybridized carbons (Fsp3) is 0.212. The lowest BCUT2D eigenvalue weighted by molar-refractivity contribution is -0.140. The fourth-order valence-corrected chi connectivity index (χ4v) is 5.13. The number of fused-ring (bicyclic) bond motifs is 2. The van der Waals surface area contributed by atoms with Crippen LogP contribution in [0.1, 0.15) is 22.7 Å². The highest BCUT2D eigenvalue weighted by Crippen LogP contribution is 2.37. The van der Waals surface area contributed by atoms with E-state index in [1.807, 2.05) is 55.5 Å². The Hall–Kier alpha value is -5.58. The van der Waals surface area contributed by atoms with Crippen molar-refractivity contribution >= 4 is 28.5 Å². The minimum Gasteiger partial charge on any atom is -0.497 e. The highest BCUT2D eigenvalue weighted by atomic mass is 16.7. The standard InChI is InChI=1S/C33H31N5O6/c1-21-8-10-22(11-9-21)18-37(31(39)19-38-27-7-5-4-6-25(27)35-36-38)32(23-12-15-28-30(16-23)44-20-43-28)33(40)34-26-14-13-24(41-2)17-29(26)42-3/h4-17,32H,18-20H2,1-3H3,(H,34,40). The zero-order valence-electron chi connectivity index (χ0n) is 24.5. The van der Waals surface area contributed by atoms with E-state index >= 15 is 0 Å². The van der Waals surface area contributed by atoms with E-state index in [1.165, 1.54) is 7.11 Å². The van der Waals surface area contributed by atoms with E-state index < -0.39 is 11.9 Å². The van der Waals surface area contributed by atoms with Gasteiger partial charge in [-0.1, -0.05) is 53.2 Å². The Bertz CT molecular complexity index is 1820. The number of hydrogen-bond donors (Lipinski definition) is 1. The average Bonchev–Trinajstić information content (AvgIpc) is 3.68. The third kappa shape index (κ3) is 5.84. The van der Waals surface area contributed by atoms with Crippen LogP contribution in [0.4, 0.5) is 5.69 Å². The molecule has 5 aromatic rings. The van der Waals surface area contributed by atoms with Crippen molar-refractivity contribution in [2.24, 2.45) is 0 Å². The van der Waals surface area contributed by atoms with Gasteiger partial charge in [-0.25, -0.2) is 4.68 Å². The van der Waals surface area contributed by atoms with Crippen LogP contribution in [0, 0.1) is 6.92 Å². The normalized spacial score (nSPS) is 12.5. The van der Waals surface area contributed by atoms with Crippen molar-refractivity contribution < 1.29 is 28.5 Å². The summed E-state index contributed by atoms with van der Waals surface area (Å²) in [6.45, 7) is 2.09. The lowest BCUT2D eigenvalue weighted by Gasteiger charge is -2.32. The zero-order valence-corrected chi connectivity index (χ0v) is 24.5. The number of nitrogens with one attached hydrogen (secondary N) is 1. The number of para-hydroxylation sites is 1. The molecule has 6 rings (SSSR count). The Morgan fingerprint density at radius 2 is 1.75 bits per heavy atom. The largest absolute Gasteiger partial charge is 0.497 e. The number of aromatic nitrogens is 3. The molecule has 1 N–H and O–H groups in total. The molecule has 1 aliphatic heterocycles. The molecule has 1 unspecified atom stereocenters. The van der Waals surface area contributed by atoms with Crippen molar-refractivity contribution in [3.8, 4) is 23.0 Å². The molecule has 0 aliphatic carbocycles. The highest BCUT2D eigenvalue weighted by Gasteiger charge is 2.34. The van der Waals surface area contributed by atoms with Crippen molar-refractivity contribution in [2.75, 3.05) is 26.3 Å². The van der Waals surface area contributed by atoms with Gasteiger partial charge < -0.3 is 29.2 Å². The summed E-state index contributed by atoms with van der Waals surface area (Å²) in [5.41, 5.74) is 4.28. The summed E-state index contributed by atoms with van der Waals surface area (Å²) in [7, 11) is 3.06. The summed E-state index contributed by atoms with van der Waals surface area (Å²) < 4.78 is 23.5.